The Balaban J connectivity index is 1.53. The van der Waals surface area contributed by atoms with Crippen LogP contribution in [0.3, 0.4) is 0 Å². The molecule has 0 aliphatic carbocycles. The van der Waals surface area contributed by atoms with Crippen LogP contribution in [0.4, 0.5) is 5.82 Å². The predicted molar refractivity (Wildman–Crippen MR) is 83.6 cm³/mol. The van der Waals surface area contributed by atoms with Gasteiger partial charge in [-0.25, -0.2) is 9.97 Å². The van der Waals surface area contributed by atoms with Gasteiger partial charge in [-0.15, -0.1) is 0 Å². The van der Waals surface area contributed by atoms with E-state index in [0.717, 1.165) is 31.7 Å². The van der Waals surface area contributed by atoms with E-state index in [4.69, 9.17) is 10.00 Å². The van der Waals surface area contributed by atoms with Gasteiger partial charge in [-0.2, -0.15) is 5.26 Å². The van der Waals surface area contributed by atoms with Crippen LogP contribution in [-0.4, -0.2) is 29.7 Å². The Morgan fingerprint density at radius 2 is 1.95 bits per heavy atom. The first-order chi connectivity index (χ1) is 10.9. The first kappa shape index (κ1) is 14.3. The molecule has 22 heavy (non-hydrogen) atoms. The highest BCUT2D eigenvalue weighted by Gasteiger charge is 2.22. The zero-order chi connectivity index (χ0) is 15.2. The fraction of sp³-hybridized carbons (Fsp3) is 0.353. The van der Waals surface area contributed by atoms with Gasteiger partial charge in [0.05, 0.1) is 12.2 Å². The van der Waals surface area contributed by atoms with E-state index in [1.165, 1.54) is 0 Å². The number of aromatic nitrogens is 2. The van der Waals surface area contributed by atoms with Gasteiger partial charge in [-0.3, -0.25) is 0 Å². The van der Waals surface area contributed by atoms with Gasteiger partial charge in [0, 0.05) is 31.5 Å². The summed E-state index contributed by atoms with van der Waals surface area (Å²) >= 11 is 0. The van der Waals surface area contributed by atoms with Crippen LogP contribution in [0.2, 0.25) is 0 Å². The molecule has 5 heteroatoms. The Kier molecular flexibility index (Phi) is 4.50. The molecule has 2 aromatic heterocycles. The molecule has 0 unspecified atom stereocenters. The highest BCUT2D eigenvalue weighted by molar-refractivity contribution is 5.53. The van der Waals surface area contributed by atoms with Crippen LogP contribution in [0.25, 0.3) is 0 Å². The van der Waals surface area contributed by atoms with Crippen molar-refractivity contribution in [2.24, 2.45) is 5.92 Å². The second-order valence-corrected chi connectivity index (χ2v) is 5.40. The normalized spacial score (nSPS) is 15.3. The van der Waals surface area contributed by atoms with Crippen molar-refractivity contribution in [2.75, 3.05) is 24.6 Å². The molecular weight excluding hydrogens is 276 g/mol. The van der Waals surface area contributed by atoms with E-state index < -0.39 is 0 Å². The second-order valence-electron chi connectivity index (χ2n) is 5.40. The van der Waals surface area contributed by atoms with Gasteiger partial charge in [0.15, 0.2) is 0 Å². The lowest BCUT2D eigenvalue weighted by atomic mass is 9.97. The van der Waals surface area contributed by atoms with Crippen molar-refractivity contribution < 1.29 is 4.74 Å². The number of nitriles is 1. The molecular formula is C17H18N4O. The molecule has 0 bridgehead atoms. The maximum Gasteiger partial charge on any atom is 0.213 e. The molecule has 2 aromatic rings. The molecule has 0 amide bonds. The average molecular weight is 294 g/mol. The van der Waals surface area contributed by atoms with Crippen molar-refractivity contribution >= 4 is 5.82 Å². The molecule has 1 fully saturated rings. The fourth-order valence-electron chi connectivity index (χ4n) is 2.68. The molecule has 112 valence electrons. The Morgan fingerprint density at radius 1 is 1.14 bits per heavy atom. The molecule has 0 atom stereocenters. The number of nitrogens with zero attached hydrogens (tertiary/aromatic N) is 4. The Bertz CT molecular complexity index is 645. The third kappa shape index (κ3) is 3.34. The van der Waals surface area contributed by atoms with Crippen molar-refractivity contribution in [3.63, 3.8) is 0 Å². The standard InChI is InChI=1S/C17H18N4O/c18-12-15-4-3-9-20-17(15)21-10-6-14(7-11-21)13-22-16-5-1-2-8-19-16/h1-5,8-9,14H,6-7,10-11,13H2. The summed E-state index contributed by atoms with van der Waals surface area (Å²) in [6, 6.07) is 11.5. The predicted octanol–water partition coefficient (Wildman–Crippen LogP) is 2.64. The quantitative estimate of drug-likeness (QED) is 0.867. The van der Waals surface area contributed by atoms with Gasteiger partial charge in [0.2, 0.25) is 5.88 Å². The van der Waals surface area contributed by atoms with E-state index in [1.807, 2.05) is 24.3 Å². The number of pyridine rings is 2. The van der Waals surface area contributed by atoms with E-state index in [2.05, 4.69) is 20.9 Å². The molecule has 1 aliphatic rings. The van der Waals surface area contributed by atoms with Crippen LogP contribution in [0.5, 0.6) is 5.88 Å². The zero-order valence-corrected chi connectivity index (χ0v) is 12.4. The second kappa shape index (κ2) is 6.90. The topological polar surface area (TPSA) is 62.0 Å². The minimum atomic E-state index is 0.521. The molecule has 0 radical (unpaired) electrons. The van der Waals surface area contributed by atoms with Gasteiger partial charge < -0.3 is 9.64 Å². The van der Waals surface area contributed by atoms with Crippen LogP contribution in [0.15, 0.2) is 42.7 Å². The number of rotatable bonds is 4. The highest BCUT2D eigenvalue weighted by Crippen LogP contribution is 2.24. The summed E-state index contributed by atoms with van der Waals surface area (Å²) in [4.78, 5) is 10.7. The fourth-order valence-corrected chi connectivity index (χ4v) is 2.68. The largest absolute Gasteiger partial charge is 0.477 e. The van der Waals surface area contributed by atoms with E-state index in [0.29, 0.717) is 24.0 Å². The lowest BCUT2D eigenvalue weighted by molar-refractivity contribution is 0.216. The first-order valence-corrected chi connectivity index (χ1v) is 7.50. The average Bonchev–Trinajstić information content (AvgIpc) is 2.61. The van der Waals surface area contributed by atoms with Gasteiger partial charge in [0.1, 0.15) is 11.9 Å². The maximum absolute atomic E-state index is 9.17. The van der Waals surface area contributed by atoms with Crippen LogP contribution < -0.4 is 9.64 Å². The van der Waals surface area contributed by atoms with E-state index in [-0.39, 0.29) is 0 Å². The number of hydrogen-bond acceptors (Lipinski definition) is 5. The summed E-state index contributed by atoms with van der Waals surface area (Å²) in [7, 11) is 0. The van der Waals surface area contributed by atoms with E-state index in [1.54, 1.807) is 18.5 Å². The maximum atomic E-state index is 9.17. The molecule has 0 aromatic carbocycles. The Hall–Kier alpha value is -2.61. The molecule has 5 nitrogen and oxygen atoms in total. The van der Waals surface area contributed by atoms with Crippen molar-refractivity contribution in [1.82, 2.24) is 9.97 Å². The lowest BCUT2D eigenvalue weighted by Crippen LogP contribution is -2.36. The van der Waals surface area contributed by atoms with Gasteiger partial charge in [0.25, 0.3) is 0 Å². The van der Waals surface area contributed by atoms with Crippen molar-refractivity contribution in [3.8, 4) is 11.9 Å². The van der Waals surface area contributed by atoms with Crippen molar-refractivity contribution in [1.29, 1.82) is 5.26 Å². The molecule has 0 saturated carbocycles. The summed E-state index contributed by atoms with van der Waals surface area (Å²) in [5, 5.41) is 9.17. The molecule has 1 aliphatic heterocycles. The van der Waals surface area contributed by atoms with Crippen LogP contribution >= 0.6 is 0 Å². The van der Waals surface area contributed by atoms with E-state index in [9.17, 15) is 0 Å². The van der Waals surface area contributed by atoms with Crippen LogP contribution in [-0.2, 0) is 0 Å². The minimum absolute atomic E-state index is 0.521. The number of piperidine rings is 1. The smallest absolute Gasteiger partial charge is 0.213 e. The SMILES string of the molecule is N#Cc1cccnc1N1CCC(COc2ccccn2)CC1. The van der Waals surface area contributed by atoms with Crippen molar-refractivity contribution in [2.45, 2.75) is 12.8 Å². The van der Waals surface area contributed by atoms with Gasteiger partial charge in [-0.05, 0) is 37.0 Å². The lowest BCUT2D eigenvalue weighted by Gasteiger charge is -2.32. The summed E-state index contributed by atoms with van der Waals surface area (Å²) in [6.45, 7) is 2.50. The molecule has 1 saturated heterocycles. The Morgan fingerprint density at radius 3 is 2.68 bits per heavy atom. The number of ether oxygens (including phenoxy) is 1. The van der Waals surface area contributed by atoms with Gasteiger partial charge in [-0.1, -0.05) is 6.07 Å². The zero-order valence-electron chi connectivity index (χ0n) is 12.4. The minimum Gasteiger partial charge on any atom is -0.477 e. The first-order valence-electron chi connectivity index (χ1n) is 7.50. The summed E-state index contributed by atoms with van der Waals surface area (Å²) in [5.74, 6) is 2.00. The number of hydrogen-bond donors (Lipinski definition) is 0. The monoisotopic (exact) mass is 294 g/mol. The third-order valence-electron chi connectivity index (χ3n) is 3.93. The van der Waals surface area contributed by atoms with Crippen molar-refractivity contribution in [3.05, 3.63) is 48.3 Å². The van der Waals surface area contributed by atoms with Gasteiger partial charge >= 0.3 is 0 Å². The molecule has 0 spiro atoms. The summed E-state index contributed by atoms with van der Waals surface area (Å²) in [5.41, 5.74) is 0.644. The third-order valence-corrected chi connectivity index (χ3v) is 3.93. The highest BCUT2D eigenvalue weighted by atomic mass is 16.5. The summed E-state index contributed by atoms with van der Waals surface area (Å²) < 4.78 is 5.73. The molecule has 3 rings (SSSR count). The molecule has 0 N–H and O–H groups in total. The molecule has 3 heterocycles. The van der Waals surface area contributed by atoms with Crippen LogP contribution in [0.1, 0.15) is 18.4 Å². The van der Waals surface area contributed by atoms with Crippen LogP contribution in [0, 0.1) is 17.2 Å². The number of anilines is 1. The Labute approximate surface area is 130 Å². The van der Waals surface area contributed by atoms with E-state index >= 15 is 0 Å². The summed E-state index contributed by atoms with van der Waals surface area (Å²) in [6.07, 6.45) is 5.55.